The molecule has 7 heteroatoms. The van der Waals surface area contributed by atoms with Crippen LogP contribution in [0.25, 0.3) is 5.65 Å². The molecule has 0 unspecified atom stereocenters. The highest BCUT2D eigenvalue weighted by Crippen LogP contribution is 2.21. The second-order valence-corrected chi connectivity index (χ2v) is 8.73. The van der Waals surface area contributed by atoms with Crippen molar-refractivity contribution in [1.82, 2.24) is 14.7 Å². The van der Waals surface area contributed by atoms with Crippen molar-refractivity contribution in [3.8, 4) is 5.75 Å². The summed E-state index contributed by atoms with van der Waals surface area (Å²) in [6, 6.07) is 11.3. The van der Waals surface area contributed by atoms with E-state index in [0.29, 0.717) is 22.8 Å². The van der Waals surface area contributed by atoms with Gasteiger partial charge in [0.15, 0.2) is 0 Å². The maximum Gasteiger partial charge on any atom is 0.255 e. The number of imidazole rings is 1. The minimum Gasteiger partial charge on any atom is -0.486 e. The first kappa shape index (κ1) is 18.7. The van der Waals surface area contributed by atoms with Crippen molar-refractivity contribution in [1.29, 1.82) is 0 Å². The maximum absolute atomic E-state index is 12.7. The van der Waals surface area contributed by atoms with Crippen molar-refractivity contribution in [2.24, 2.45) is 0 Å². The smallest absolute Gasteiger partial charge is 0.255 e. The van der Waals surface area contributed by atoms with E-state index in [2.05, 4.69) is 10.3 Å². The zero-order chi connectivity index (χ0) is 19.5. The van der Waals surface area contributed by atoms with Crippen LogP contribution in [-0.2, 0) is 17.4 Å². The molecule has 1 aliphatic rings. The van der Waals surface area contributed by atoms with Gasteiger partial charge in [0.1, 0.15) is 18.0 Å². The summed E-state index contributed by atoms with van der Waals surface area (Å²) in [6.07, 6.45) is 5.40. The van der Waals surface area contributed by atoms with Crippen LogP contribution in [0.2, 0.25) is 0 Å². The predicted molar refractivity (Wildman–Crippen MR) is 109 cm³/mol. The molecule has 4 rings (SSSR count). The normalized spacial score (nSPS) is 19.5. The van der Waals surface area contributed by atoms with Crippen molar-refractivity contribution in [2.45, 2.75) is 32.4 Å². The summed E-state index contributed by atoms with van der Waals surface area (Å²) >= 11 is 0. The first-order valence-electron chi connectivity index (χ1n) is 9.41. The summed E-state index contributed by atoms with van der Waals surface area (Å²) in [6.45, 7) is 2.31. The molecule has 1 amide bonds. The number of hydrogen-bond donors (Lipinski definition) is 1. The van der Waals surface area contributed by atoms with Crippen molar-refractivity contribution < 1.29 is 13.7 Å². The fourth-order valence-electron chi connectivity index (χ4n) is 3.41. The molecular weight excluding hydrogens is 374 g/mol. The Morgan fingerprint density at radius 2 is 2.04 bits per heavy atom. The minimum absolute atomic E-state index is 0.0691. The average molecular weight is 398 g/mol. The molecule has 1 aliphatic heterocycles. The quantitative estimate of drug-likeness (QED) is 0.719. The highest BCUT2D eigenvalue weighted by Gasteiger charge is 2.21. The fourth-order valence-corrected chi connectivity index (χ4v) is 4.71. The lowest BCUT2D eigenvalue weighted by Crippen LogP contribution is -2.39. The summed E-state index contributed by atoms with van der Waals surface area (Å²) in [5, 5.41) is 3.05. The number of aryl methyl sites for hydroxylation is 1. The molecule has 0 radical (unpaired) electrons. The Balaban J connectivity index is 1.45. The molecule has 0 atom stereocenters. The van der Waals surface area contributed by atoms with E-state index in [-0.39, 0.29) is 18.6 Å². The molecule has 146 valence electrons. The lowest BCUT2D eigenvalue weighted by Gasteiger charge is -2.23. The standard InChI is InChI=1S/C21H23N3O3S/c1-15-5-4-10-24-13-17(22-20(15)24)14-27-19-7-3-2-6-18(19)21(25)23-16-8-11-28(26)12-9-16/h2-7,10,13,16H,8-9,11-12,14H2,1H3,(H,23,25). The number of fused-ring (bicyclic) bond motifs is 1. The molecule has 2 aromatic heterocycles. The molecule has 1 saturated heterocycles. The van der Waals surface area contributed by atoms with Crippen LogP contribution in [0, 0.1) is 6.92 Å². The van der Waals surface area contributed by atoms with E-state index in [1.54, 1.807) is 12.1 Å². The third-order valence-electron chi connectivity index (χ3n) is 4.96. The molecule has 28 heavy (non-hydrogen) atoms. The van der Waals surface area contributed by atoms with Crippen LogP contribution < -0.4 is 10.1 Å². The maximum atomic E-state index is 12.7. The van der Waals surface area contributed by atoms with E-state index in [0.717, 1.165) is 29.7 Å². The van der Waals surface area contributed by atoms with E-state index >= 15 is 0 Å². The van der Waals surface area contributed by atoms with Crippen LogP contribution in [0.15, 0.2) is 48.8 Å². The van der Waals surface area contributed by atoms with Gasteiger partial charge < -0.3 is 14.5 Å². The molecule has 3 aromatic rings. The van der Waals surface area contributed by atoms with Gasteiger partial charge in [0, 0.05) is 40.7 Å². The minimum atomic E-state index is -0.742. The molecule has 1 N–H and O–H groups in total. The molecular formula is C21H23N3O3S. The summed E-state index contributed by atoms with van der Waals surface area (Å²) in [4.78, 5) is 17.3. The van der Waals surface area contributed by atoms with Gasteiger partial charge in [0.2, 0.25) is 0 Å². The molecule has 0 aliphatic carbocycles. The van der Waals surface area contributed by atoms with Crippen molar-refractivity contribution in [2.75, 3.05) is 11.5 Å². The third-order valence-corrected chi connectivity index (χ3v) is 6.34. The Labute approximate surface area is 166 Å². The van der Waals surface area contributed by atoms with E-state index in [1.807, 2.05) is 48.0 Å². The van der Waals surface area contributed by atoms with Gasteiger partial charge in [-0.3, -0.25) is 9.00 Å². The highest BCUT2D eigenvalue weighted by molar-refractivity contribution is 7.85. The van der Waals surface area contributed by atoms with Gasteiger partial charge in [-0.15, -0.1) is 0 Å². The van der Waals surface area contributed by atoms with Gasteiger partial charge in [-0.25, -0.2) is 4.98 Å². The number of amides is 1. The Bertz CT molecular complexity index is 1020. The van der Waals surface area contributed by atoms with Crippen LogP contribution in [0.4, 0.5) is 0 Å². The number of para-hydroxylation sites is 1. The number of rotatable bonds is 5. The number of benzene rings is 1. The molecule has 0 saturated carbocycles. The second kappa shape index (κ2) is 8.14. The van der Waals surface area contributed by atoms with Gasteiger partial charge in [-0.2, -0.15) is 0 Å². The highest BCUT2D eigenvalue weighted by atomic mass is 32.2. The molecule has 0 spiro atoms. The van der Waals surface area contributed by atoms with E-state index in [9.17, 15) is 9.00 Å². The van der Waals surface area contributed by atoms with Gasteiger partial charge in [-0.1, -0.05) is 18.2 Å². The first-order chi connectivity index (χ1) is 13.6. The average Bonchev–Trinajstić information content (AvgIpc) is 3.13. The second-order valence-electron chi connectivity index (χ2n) is 7.03. The lowest BCUT2D eigenvalue weighted by atomic mass is 10.1. The van der Waals surface area contributed by atoms with E-state index in [4.69, 9.17) is 4.74 Å². The molecule has 6 nitrogen and oxygen atoms in total. The van der Waals surface area contributed by atoms with Gasteiger partial charge in [0.05, 0.1) is 11.3 Å². The first-order valence-corrected chi connectivity index (χ1v) is 10.9. The summed E-state index contributed by atoms with van der Waals surface area (Å²) in [5.41, 5.74) is 3.32. The fraction of sp³-hybridized carbons (Fsp3) is 0.333. The molecule has 3 heterocycles. The van der Waals surface area contributed by atoms with Crippen LogP contribution >= 0.6 is 0 Å². The number of hydrogen-bond acceptors (Lipinski definition) is 4. The number of carbonyl (C=O) groups excluding carboxylic acids is 1. The third kappa shape index (κ3) is 4.09. The summed E-state index contributed by atoms with van der Waals surface area (Å²) in [7, 11) is -0.742. The van der Waals surface area contributed by atoms with Gasteiger partial charge in [0.25, 0.3) is 5.91 Å². The number of nitrogens with zero attached hydrogens (tertiary/aromatic N) is 2. The SMILES string of the molecule is Cc1cccn2cc(COc3ccccc3C(=O)NC3CCS(=O)CC3)nc12. The Morgan fingerprint density at radius 1 is 1.25 bits per heavy atom. The number of pyridine rings is 1. The molecule has 1 fully saturated rings. The number of carbonyl (C=O) groups is 1. The molecule has 1 aromatic carbocycles. The number of aromatic nitrogens is 2. The Hall–Kier alpha value is -2.67. The molecule has 0 bridgehead atoms. The summed E-state index contributed by atoms with van der Waals surface area (Å²) in [5.74, 6) is 1.68. The van der Waals surface area contributed by atoms with Crippen molar-refractivity contribution in [3.05, 3.63) is 65.6 Å². The number of ether oxygens (including phenoxy) is 1. The van der Waals surface area contributed by atoms with Crippen molar-refractivity contribution >= 4 is 22.4 Å². The van der Waals surface area contributed by atoms with Crippen LogP contribution in [0.3, 0.4) is 0 Å². The van der Waals surface area contributed by atoms with E-state index in [1.165, 1.54) is 0 Å². The topological polar surface area (TPSA) is 72.7 Å². The van der Waals surface area contributed by atoms with Crippen LogP contribution in [-0.4, -0.2) is 37.0 Å². The lowest BCUT2D eigenvalue weighted by molar-refractivity contribution is 0.0930. The largest absolute Gasteiger partial charge is 0.486 e. The Morgan fingerprint density at radius 3 is 2.82 bits per heavy atom. The summed E-state index contributed by atoms with van der Waals surface area (Å²) < 4.78 is 19.4. The van der Waals surface area contributed by atoms with Crippen LogP contribution in [0.1, 0.15) is 34.5 Å². The van der Waals surface area contributed by atoms with E-state index < -0.39 is 10.8 Å². The zero-order valence-corrected chi connectivity index (χ0v) is 16.6. The van der Waals surface area contributed by atoms with Crippen molar-refractivity contribution in [3.63, 3.8) is 0 Å². The number of nitrogens with one attached hydrogen (secondary N) is 1. The zero-order valence-electron chi connectivity index (χ0n) is 15.8. The van der Waals surface area contributed by atoms with Gasteiger partial charge in [-0.05, 0) is 43.5 Å². The van der Waals surface area contributed by atoms with Crippen LogP contribution in [0.5, 0.6) is 5.75 Å². The Kier molecular flexibility index (Phi) is 5.43. The van der Waals surface area contributed by atoms with Gasteiger partial charge >= 0.3 is 0 Å². The predicted octanol–water partition coefficient (Wildman–Crippen LogP) is 2.86. The monoisotopic (exact) mass is 397 g/mol.